The molecule has 0 spiro atoms. The van der Waals surface area contributed by atoms with E-state index < -0.39 is 29.0 Å². The zero-order chi connectivity index (χ0) is 30.4. The van der Waals surface area contributed by atoms with E-state index in [9.17, 15) is 23.9 Å². The minimum Gasteiger partial charge on any atom is -0.449 e. The van der Waals surface area contributed by atoms with Crippen LogP contribution >= 0.6 is 11.8 Å². The number of carbonyl (C=O) groups excluding carboxylic acids is 3. The summed E-state index contributed by atoms with van der Waals surface area (Å²) in [5.74, 6) is -1.55. The number of halogens is 1. The molecule has 4 aliphatic rings. The summed E-state index contributed by atoms with van der Waals surface area (Å²) >= 11 is 0.804. The van der Waals surface area contributed by atoms with Crippen LogP contribution in [0, 0.1) is 39.8 Å². The second-order valence-electron chi connectivity index (χ2n) is 12.8. The Kier molecular flexibility index (Phi) is 8.28. The number of ether oxygens (including phenoxy) is 1. The number of primary amides is 1. The molecule has 226 valence electrons. The van der Waals surface area contributed by atoms with Gasteiger partial charge in [0.2, 0.25) is 11.0 Å². The summed E-state index contributed by atoms with van der Waals surface area (Å²) in [5.41, 5.74) is 6.62. The fraction of sp³-hybridized carbons (Fsp3) is 0.562. The van der Waals surface area contributed by atoms with Gasteiger partial charge in [-0.25, -0.2) is 4.39 Å². The van der Waals surface area contributed by atoms with Gasteiger partial charge in [-0.15, -0.1) is 0 Å². The lowest BCUT2D eigenvalue weighted by Gasteiger charge is -2.60. The second kappa shape index (κ2) is 11.4. The van der Waals surface area contributed by atoms with Crippen molar-refractivity contribution in [3.63, 3.8) is 0 Å². The molecule has 4 aliphatic carbocycles. The maximum Gasteiger partial charge on any atom is 0.306 e. The summed E-state index contributed by atoms with van der Waals surface area (Å²) in [4.78, 5) is 38.0. The van der Waals surface area contributed by atoms with E-state index in [1.54, 1.807) is 19.1 Å². The lowest BCUT2D eigenvalue weighted by Crippen LogP contribution is -2.76. The fourth-order valence-corrected chi connectivity index (χ4v) is 9.66. The van der Waals surface area contributed by atoms with Crippen LogP contribution in [0.4, 0.5) is 10.1 Å². The Balaban J connectivity index is 1.47. The number of aliphatic hydroxyl groups excluding tert-OH is 1. The first-order valence-electron chi connectivity index (χ1n) is 14.8. The van der Waals surface area contributed by atoms with Crippen LogP contribution in [-0.2, 0) is 19.1 Å². The number of carbonyl (C=O) groups is 3. The zero-order valence-corrected chi connectivity index (χ0v) is 25.3. The number of aliphatic hydroxyl groups is 1. The highest BCUT2D eigenvalue weighted by atomic mass is 32.2. The first-order chi connectivity index (χ1) is 19.9. The van der Waals surface area contributed by atoms with E-state index in [1.807, 2.05) is 12.2 Å². The Morgan fingerprint density at radius 3 is 2.60 bits per heavy atom. The summed E-state index contributed by atoms with van der Waals surface area (Å²) < 4.78 is 19.5. The van der Waals surface area contributed by atoms with Crippen molar-refractivity contribution < 1.29 is 33.9 Å². The smallest absolute Gasteiger partial charge is 0.306 e. The summed E-state index contributed by atoms with van der Waals surface area (Å²) in [5, 5.41) is 21.8. The van der Waals surface area contributed by atoms with Gasteiger partial charge in [0.25, 0.3) is 0 Å². The number of thioether (sulfide) groups is 1. The molecule has 3 saturated carbocycles. The van der Waals surface area contributed by atoms with Crippen molar-refractivity contribution in [1.82, 2.24) is 0 Å². The number of hydrogen-bond acceptors (Lipinski definition) is 7. The van der Waals surface area contributed by atoms with Gasteiger partial charge in [-0.05, 0) is 79.9 Å². The van der Waals surface area contributed by atoms with E-state index in [2.05, 4.69) is 13.0 Å². The van der Waals surface area contributed by atoms with Crippen molar-refractivity contribution in [2.75, 3.05) is 5.75 Å². The molecule has 0 saturated heterocycles. The Labute approximate surface area is 250 Å². The Bertz CT molecular complexity index is 1360. The molecule has 1 amide bonds. The van der Waals surface area contributed by atoms with Gasteiger partial charge < -0.3 is 21.0 Å². The molecule has 5 rings (SSSR count). The molecule has 6 N–H and O–H groups in total. The van der Waals surface area contributed by atoms with Crippen LogP contribution in [0.3, 0.4) is 0 Å². The first kappa shape index (κ1) is 30.6. The first-order valence-corrected chi connectivity index (χ1v) is 15.8. The number of rotatable bonds is 8. The highest BCUT2D eigenvalue weighted by Gasteiger charge is 2.70. The summed E-state index contributed by atoms with van der Waals surface area (Å²) in [6.45, 7) is 5.85. The van der Waals surface area contributed by atoms with Gasteiger partial charge in [0, 0.05) is 35.8 Å². The maximum atomic E-state index is 13.8. The molecule has 0 radical (unpaired) electrons. The number of hydrogen-bond donors (Lipinski definition) is 4. The third kappa shape index (κ3) is 4.95. The highest BCUT2D eigenvalue weighted by molar-refractivity contribution is 8.14. The predicted octanol–water partition coefficient (Wildman–Crippen LogP) is 3.90. The lowest BCUT2D eigenvalue weighted by atomic mass is 9.45. The van der Waals surface area contributed by atoms with Crippen molar-refractivity contribution in [3.05, 3.63) is 53.0 Å². The average molecular weight is 599 g/mol. The number of amides is 1. The number of nitrogens with one attached hydrogen (secondary N) is 1. The van der Waals surface area contributed by atoms with E-state index in [1.165, 1.54) is 23.9 Å². The summed E-state index contributed by atoms with van der Waals surface area (Å²) in [7, 11) is 0. The van der Waals surface area contributed by atoms with Crippen LogP contribution < -0.4 is 11.1 Å². The third-order valence-electron chi connectivity index (χ3n) is 10.7. The van der Waals surface area contributed by atoms with Crippen molar-refractivity contribution >= 4 is 40.7 Å². The van der Waals surface area contributed by atoms with Gasteiger partial charge in [0.05, 0.1) is 11.9 Å². The monoisotopic (exact) mass is 598 g/mol. The van der Waals surface area contributed by atoms with Crippen LogP contribution in [0.1, 0.15) is 65.7 Å². The minimum absolute atomic E-state index is 0.0339. The van der Waals surface area contributed by atoms with Gasteiger partial charge >= 0.3 is 5.97 Å². The minimum atomic E-state index is -1.43. The van der Waals surface area contributed by atoms with Crippen LogP contribution in [0.2, 0.25) is 0 Å². The lowest BCUT2D eigenvalue weighted by molar-refractivity contribution is -0.513. The van der Waals surface area contributed by atoms with Gasteiger partial charge in [0.1, 0.15) is 17.2 Å². The Morgan fingerprint density at radius 1 is 1.24 bits per heavy atom. The molecule has 0 aliphatic heterocycles. The fourth-order valence-electron chi connectivity index (χ4n) is 8.78. The summed E-state index contributed by atoms with van der Waals surface area (Å²) in [6.07, 6.45) is 6.45. The van der Waals surface area contributed by atoms with Crippen molar-refractivity contribution in [3.8, 4) is 0 Å². The molecular formula is C32H41FN3O5S+. The number of esters is 1. The molecule has 1 aromatic carbocycles. The van der Waals surface area contributed by atoms with Gasteiger partial charge in [-0.2, -0.15) is 0 Å². The topological polar surface area (TPSA) is 147 Å². The number of fused-ring (bicyclic) bond motifs is 5. The van der Waals surface area contributed by atoms with E-state index in [-0.39, 0.29) is 46.3 Å². The van der Waals surface area contributed by atoms with Crippen molar-refractivity contribution in [2.45, 2.75) is 77.4 Å². The second-order valence-corrected chi connectivity index (χ2v) is 13.8. The number of allylic oxidation sites excluding steroid dienone is 3. The standard InChI is InChI=1S/C32H40FN3O5S/c1-4-27(39)41-32(29(40)42-17-26(35)38)12-11-23-22-10-5-19-13-24(36-21-8-6-20(33)7-9-21)18(16-34)14-30(19,2)28(22)25(37)15-31(23,32)3/h6-9,13,16,22-23,25,28,34,36-37H,4-5,10-12,14-15,17H2,1-3H3,(H2,35,38)/p+1/t22-,23?,25-,28?,30-,31-,32-/m0/s1. The van der Waals surface area contributed by atoms with Gasteiger partial charge in [-0.1, -0.05) is 38.1 Å². The van der Waals surface area contributed by atoms with E-state index in [0.29, 0.717) is 25.7 Å². The summed E-state index contributed by atoms with van der Waals surface area (Å²) in [6, 6.07) is 6.29. The van der Waals surface area contributed by atoms with Crippen molar-refractivity contribution in [1.29, 1.82) is 5.41 Å². The Hall–Kier alpha value is -2.82. The van der Waals surface area contributed by atoms with E-state index in [0.717, 1.165) is 41.6 Å². The van der Waals surface area contributed by atoms with E-state index >= 15 is 0 Å². The quantitative estimate of drug-likeness (QED) is 0.203. The van der Waals surface area contributed by atoms with Crippen LogP contribution in [0.5, 0.6) is 0 Å². The molecule has 42 heavy (non-hydrogen) atoms. The number of benzene rings is 1. The van der Waals surface area contributed by atoms with Crippen LogP contribution in [0.15, 0.2) is 47.2 Å². The highest BCUT2D eigenvalue weighted by Crippen LogP contribution is 2.69. The molecule has 2 unspecified atom stereocenters. The number of quaternary nitrogens is 1. The predicted molar refractivity (Wildman–Crippen MR) is 158 cm³/mol. The molecule has 1 aromatic rings. The van der Waals surface area contributed by atoms with Gasteiger partial charge in [0.15, 0.2) is 5.60 Å². The zero-order valence-electron chi connectivity index (χ0n) is 24.5. The number of nitrogens with two attached hydrogens (primary N) is 2. The average Bonchev–Trinajstić information content (AvgIpc) is 3.24. The maximum absolute atomic E-state index is 13.8. The Morgan fingerprint density at radius 2 is 1.95 bits per heavy atom. The van der Waals surface area contributed by atoms with Gasteiger partial charge in [-0.3, -0.25) is 19.7 Å². The molecule has 0 heterocycles. The molecule has 8 nitrogen and oxygen atoms in total. The molecule has 0 bridgehead atoms. The molecule has 0 aromatic heterocycles. The molecular weight excluding hydrogens is 557 g/mol. The molecule has 7 atom stereocenters. The van der Waals surface area contributed by atoms with Crippen LogP contribution in [-0.4, -0.2) is 45.8 Å². The SMILES string of the molecule is CCC(=O)O[C@]1(C(=O)SCC(N)=O)CCC2[C@@H]3CCC4=CC([NH2+]c5ccc(F)cc5)=C(C=N)C[C@]4(C)C3[C@@H](O)C[C@@]21C. The van der Waals surface area contributed by atoms with Crippen molar-refractivity contribution in [2.24, 2.45) is 34.3 Å². The molecule has 10 heteroatoms. The third-order valence-corrected chi connectivity index (χ3v) is 11.7. The molecule has 3 fully saturated rings. The van der Waals surface area contributed by atoms with E-state index in [4.69, 9.17) is 15.9 Å². The largest absolute Gasteiger partial charge is 0.449 e. The normalized spacial score (nSPS) is 35.4. The van der Waals surface area contributed by atoms with Crippen LogP contribution in [0.25, 0.3) is 0 Å².